The number of carbonyl (C=O) groups excluding carboxylic acids is 1. The number of H-pyrrole nitrogens is 1. The van der Waals surface area contributed by atoms with Gasteiger partial charge in [-0.25, -0.2) is 22.8 Å². The van der Waals surface area contributed by atoms with Gasteiger partial charge in [-0.15, -0.1) is 0 Å². The van der Waals surface area contributed by atoms with Gasteiger partial charge in [-0.1, -0.05) is 0 Å². The third-order valence-corrected chi connectivity index (χ3v) is 6.50. The van der Waals surface area contributed by atoms with E-state index >= 15 is 0 Å². The first kappa shape index (κ1) is 21.3. The molecule has 0 aromatic carbocycles. The molecular formula is C24H22F2N8O. The molecule has 0 saturated carbocycles. The minimum atomic E-state index is -2.64. The zero-order valence-corrected chi connectivity index (χ0v) is 19.1. The van der Waals surface area contributed by atoms with Crippen molar-refractivity contribution in [2.75, 3.05) is 25.5 Å². The number of fused-ring (bicyclic) bond motifs is 3. The van der Waals surface area contributed by atoms with Gasteiger partial charge in [0, 0.05) is 44.5 Å². The highest BCUT2D eigenvalue weighted by molar-refractivity contribution is 6.01. The molecular weight excluding hydrogens is 454 g/mol. The molecule has 0 spiro atoms. The van der Waals surface area contributed by atoms with Crippen LogP contribution in [0.15, 0.2) is 55.2 Å². The van der Waals surface area contributed by atoms with Crippen LogP contribution in [0, 0.1) is 0 Å². The molecule has 1 aliphatic heterocycles. The van der Waals surface area contributed by atoms with E-state index < -0.39 is 12.5 Å². The van der Waals surface area contributed by atoms with Gasteiger partial charge in [-0.2, -0.15) is 10.2 Å². The molecule has 9 nitrogen and oxygen atoms in total. The number of amides is 1. The lowest BCUT2D eigenvalue weighted by molar-refractivity contribution is 0.0689. The predicted octanol–water partition coefficient (Wildman–Crippen LogP) is 3.50. The quantitative estimate of drug-likeness (QED) is 0.429. The standard InChI is InChI=1S/C24H22F2N8O/c1-31(2)14-5-6-19-16(11-29-34(19)12-14)24(35)32-9-7-17-21(28-13-27-17)22(32)18-10-20-15(23(25)26)4-3-8-33(20)30-18/h3-6,8,10-13,22-23H,7,9H2,1-2H3,(H,27,28). The van der Waals surface area contributed by atoms with Gasteiger partial charge in [-0.05, 0) is 30.3 Å². The number of alkyl halides is 2. The Labute approximate surface area is 198 Å². The first-order valence-electron chi connectivity index (χ1n) is 11.2. The Bertz CT molecular complexity index is 1570. The van der Waals surface area contributed by atoms with Gasteiger partial charge in [0.15, 0.2) is 0 Å². The molecule has 1 unspecified atom stereocenters. The summed E-state index contributed by atoms with van der Waals surface area (Å²) < 4.78 is 30.4. The molecule has 1 N–H and O–H groups in total. The monoisotopic (exact) mass is 476 g/mol. The number of rotatable bonds is 4. The van der Waals surface area contributed by atoms with Crippen molar-refractivity contribution in [3.05, 3.63) is 83.5 Å². The van der Waals surface area contributed by atoms with Crippen LogP contribution in [-0.2, 0) is 6.42 Å². The normalized spacial score (nSPS) is 15.8. The Balaban J connectivity index is 1.46. The molecule has 1 aliphatic rings. The molecule has 6 rings (SSSR count). The zero-order chi connectivity index (χ0) is 24.3. The van der Waals surface area contributed by atoms with E-state index in [0.717, 1.165) is 11.4 Å². The number of hydrogen-bond acceptors (Lipinski definition) is 5. The van der Waals surface area contributed by atoms with Crippen LogP contribution < -0.4 is 4.90 Å². The van der Waals surface area contributed by atoms with E-state index in [1.807, 2.05) is 37.3 Å². The van der Waals surface area contributed by atoms with Crippen molar-refractivity contribution >= 4 is 22.6 Å². The zero-order valence-electron chi connectivity index (χ0n) is 19.1. The average molecular weight is 476 g/mol. The Hall–Kier alpha value is -4.28. The Morgan fingerprint density at radius 3 is 2.86 bits per heavy atom. The molecule has 5 aromatic heterocycles. The Morgan fingerprint density at radius 1 is 1.20 bits per heavy atom. The van der Waals surface area contributed by atoms with E-state index in [1.165, 1.54) is 16.6 Å². The second-order valence-electron chi connectivity index (χ2n) is 8.75. The number of nitrogens with one attached hydrogen (secondary N) is 1. The largest absolute Gasteiger partial charge is 0.376 e. The van der Waals surface area contributed by atoms with E-state index in [0.29, 0.717) is 41.0 Å². The van der Waals surface area contributed by atoms with Crippen LogP contribution >= 0.6 is 0 Å². The number of aromatic nitrogens is 6. The molecule has 178 valence electrons. The molecule has 0 fully saturated rings. The minimum absolute atomic E-state index is 0.110. The van der Waals surface area contributed by atoms with Crippen LogP contribution in [0.5, 0.6) is 0 Å². The van der Waals surface area contributed by atoms with Crippen LogP contribution in [0.2, 0.25) is 0 Å². The number of aromatic amines is 1. The summed E-state index contributed by atoms with van der Waals surface area (Å²) in [6.07, 6.45) is 4.59. The highest BCUT2D eigenvalue weighted by atomic mass is 19.3. The van der Waals surface area contributed by atoms with Gasteiger partial charge in [0.25, 0.3) is 12.3 Å². The number of hydrogen-bond donors (Lipinski definition) is 1. The van der Waals surface area contributed by atoms with Crippen molar-refractivity contribution in [2.45, 2.75) is 18.9 Å². The van der Waals surface area contributed by atoms with Crippen molar-refractivity contribution in [1.82, 2.24) is 34.1 Å². The van der Waals surface area contributed by atoms with Crippen LogP contribution in [-0.4, -0.2) is 60.6 Å². The summed E-state index contributed by atoms with van der Waals surface area (Å²) in [5.74, 6) is -0.220. The van der Waals surface area contributed by atoms with Gasteiger partial charge in [-0.3, -0.25) is 4.79 Å². The van der Waals surface area contributed by atoms with Gasteiger partial charge in [0.2, 0.25) is 0 Å². The van der Waals surface area contributed by atoms with Crippen molar-refractivity contribution in [3.63, 3.8) is 0 Å². The first-order valence-corrected chi connectivity index (χ1v) is 11.2. The lowest BCUT2D eigenvalue weighted by Crippen LogP contribution is -2.41. The molecule has 0 aliphatic carbocycles. The number of pyridine rings is 2. The van der Waals surface area contributed by atoms with Crippen molar-refractivity contribution < 1.29 is 13.6 Å². The van der Waals surface area contributed by atoms with Gasteiger partial charge in [0.05, 0.1) is 52.4 Å². The summed E-state index contributed by atoms with van der Waals surface area (Å²) >= 11 is 0. The van der Waals surface area contributed by atoms with Crippen LogP contribution in [0.4, 0.5) is 14.5 Å². The molecule has 11 heteroatoms. The van der Waals surface area contributed by atoms with Crippen molar-refractivity contribution in [1.29, 1.82) is 0 Å². The molecule has 1 atom stereocenters. The van der Waals surface area contributed by atoms with Crippen LogP contribution in [0.3, 0.4) is 0 Å². The van der Waals surface area contributed by atoms with Crippen LogP contribution in [0.25, 0.3) is 11.0 Å². The lowest BCUT2D eigenvalue weighted by Gasteiger charge is -2.33. The topological polar surface area (TPSA) is 86.8 Å². The lowest BCUT2D eigenvalue weighted by atomic mass is 9.98. The Morgan fingerprint density at radius 2 is 2.06 bits per heavy atom. The third-order valence-electron chi connectivity index (χ3n) is 6.50. The fourth-order valence-corrected chi connectivity index (χ4v) is 4.73. The summed E-state index contributed by atoms with van der Waals surface area (Å²) in [4.78, 5) is 25.1. The summed E-state index contributed by atoms with van der Waals surface area (Å²) in [5, 5.41) is 8.97. The van der Waals surface area contributed by atoms with Gasteiger partial charge < -0.3 is 14.8 Å². The summed E-state index contributed by atoms with van der Waals surface area (Å²) in [7, 11) is 3.87. The SMILES string of the molecule is CN(C)c1ccc2c(C(=O)N3CCc4[nH]cnc4C3c3cc4c(C(F)F)cccn4n3)cnn2c1. The highest BCUT2D eigenvalue weighted by Crippen LogP contribution is 2.36. The molecule has 35 heavy (non-hydrogen) atoms. The smallest absolute Gasteiger partial charge is 0.265 e. The highest BCUT2D eigenvalue weighted by Gasteiger charge is 2.37. The van der Waals surface area contributed by atoms with E-state index in [-0.39, 0.29) is 11.5 Å². The van der Waals surface area contributed by atoms with E-state index in [1.54, 1.807) is 34.2 Å². The number of nitrogens with zero attached hydrogens (tertiary/aromatic N) is 7. The second kappa shape index (κ2) is 7.90. The van der Waals surface area contributed by atoms with Crippen LogP contribution in [0.1, 0.15) is 45.5 Å². The average Bonchev–Trinajstić information content (AvgIpc) is 3.59. The minimum Gasteiger partial charge on any atom is -0.376 e. The number of halogens is 2. The van der Waals surface area contributed by atoms with E-state index in [2.05, 4.69) is 20.2 Å². The molecule has 6 heterocycles. The first-order chi connectivity index (χ1) is 16.9. The molecule has 0 radical (unpaired) electrons. The maximum Gasteiger partial charge on any atom is 0.265 e. The van der Waals surface area contributed by atoms with Gasteiger partial charge in [0.1, 0.15) is 6.04 Å². The van der Waals surface area contributed by atoms with Gasteiger partial charge >= 0.3 is 0 Å². The molecule has 0 bridgehead atoms. The summed E-state index contributed by atoms with van der Waals surface area (Å²) in [6.45, 7) is 0.418. The third kappa shape index (κ3) is 3.34. The van der Waals surface area contributed by atoms with E-state index in [4.69, 9.17) is 0 Å². The Kier molecular flexibility index (Phi) is 4.80. The fourth-order valence-electron chi connectivity index (χ4n) is 4.73. The fraction of sp³-hybridized carbons (Fsp3) is 0.250. The van der Waals surface area contributed by atoms with Crippen molar-refractivity contribution in [2.24, 2.45) is 0 Å². The maximum absolute atomic E-state index is 13.9. The summed E-state index contributed by atoms with van der Waals surface area (Å²) in [6, 6.07) is 7.72. The summed E-state index contributed by atoms with van der Waals surface area (Å²) in [5.41, 5.74) is 4.33. The molecule has 5 aromatic rings. The molecule has 1 amide bonds. The number of imidazole rings is 1. The number of carbonyl (C=O) groups is 1. The van der Waals surface area contributed by atoms with E-state index in [9.17, 15) is 13.6 Å². The van der Waals surface area contributed by atoms with Crippen molar-refractivity contribution in [3.8, 4) is 0 Å². The number of anilines is 1. The predicted molar refractivity (Wildman–Crippen MR) is 125 cm³/mol. The maximum atomic E-state index is 13.9. The molecule has 0 saturated heterocycles. The second-order valence-corrected chi connectivity index (χ2v) is 8.75.